The standard InChI is InChI=1S/C10H15N3O3S/c1-2-4-13-9(6-11-12-13)10(14)8-3-5-17(15,16)7-8/h6,8H,2-5,7H2,1H3. The lowest BCUT2D eigenvalue weighted by atomic mass is 10.0. The third-order valence-electron chi connectivity index (χ3n) is 2.91. The maximum atomic E-state index is 12.1. The van der Waals surface area contributed by atoms with Gasteiger partial charge in [0.1, 0.15) is 5.69 Å². The molecule has 0 radical (unpaired) electrons. The molecule has 0 spiro atoms. The molecule has 1 fully saturated rings. The molecule has 7 heteroatoms. The molecule has 1 saturated heterocycles. The van der Waals surface area contributed by atoms with Gasteiger partial charge < -0.3 is 0 Å². The molecule has 2 rings (SSSR count). The number of sulfone groups is 1. The van der Waals surface area contributed by atoms with Crippen molar-refractivity contribution < 1.29 is 13.2 Å². The van der Waals surface area contributed by atoms with Gasteiger partial charge in [-0.2, -0.15) is 0 Å². The summed E-state index contributed by atoms with van der Waals surface area (Å²) < 4.78 is 24.2. The number of rotatable bonds is 4. The van der Waals surface area contributed by atoms with Crippen molar-refractivity contribution in [1.29, 1.82) is 0 Å². The van der Waals surface area contributed by atoms with Gasteiger partial charge in [-0.3, -0.25) is 4.79 Å². The fraction of sp³-hybridized carbons (Fsp3) is 0.700. The van der Waals surface area contributed by atoms with Crippen molar-refractivity contribution in [3.05, 3.63) is 11.9 Å². The van der Waals surface area contributed by atoms with Gasteiger partial charge in [0.15, 0.2) is 15.6 Å². The van der Waals surface area contributed by atoms with E-state index >= 15 is 0 Å². The van der Waals surface area contributed by atoms with Gasteiger partial charge in [-0.15, -0.1) is 5.10 Å². The largest absolute Gasteiger partial charge is 0.292 e. The van der Waals surface area contributed by atoms with Gasteiger partial charge >= 0.3 is 0 Å². The van der Waals surface area contributed by atoms with Crippen LogP contribution >= 0.6 is 0 Å². The van der Waals surface area contributed by atoms with Gasteiger partial charge in [-0.1, -0.05) is 12.1 Å². The van der Waals surface area contributed by atoms with E-state index in [1.165, 1.54) is 6.20 Å². The highest BCUT2D eigenvalue weighted by Gasteiger charge is 2.34. The minimum atomic E-state index is -3.03. The van der Waals surface area contributed by atoms with E-state index in [-0.39, 0.29) is 17.3 Å². The minimum absolute atomic E-state index is 0.0386. The Morgan fingerprint density at radius 1 is 1.59 bits per heavy atom. The molecular weight excluding hydrogens is 242 g/mol. The molecule has 1 aliphatic rings. The zero-order valence-corrected chi connectivity index (χ0v) is 10.5. The summed E-state index contributed by atoms with van der Waals surface area (Å²) in [4.78, 5) is 12.1. The number of Topliss-reactive ketones (excluding diaryl/α,β-unsaturated/α-hetero) is 1. The van der Waals surface area contributed by atoms with Crippen molar-refractivity contribution in [2.75, 3.05) is 11.5 Å². The third kappa shape index (κ3) is 2.54. The summed E-state index contributed by atoms with van der Waals surface area (Å²) in [5.41, 5.74) is 0.425. The number of ketones is 1. The third-order valence-corrected chi connectivity index (χ3v) is 4.68. The second kappa shape index (κ2) is 4.56. The fourth-order valence-electron chi connectivity index (χ4n) is 2.04. The Kier molecular flexibility index (Phi) is 3.28. The zero-order valence-electron chi connectivity index (χ0n) is 9.66. The average Bonchev–Trinajstić information content (AvgIpc) is 2.84. The van der Waals surface area contributed by atoms with Crippen LogP contribution in [0.25, 0.3) is 0 Å². The first-order valence-electron chi connectivity index (χ1n) is 5.66. The highest BCUT2D eigenvalue weighted by atomic mass is 32.2. The second-order valence-electron chi connectivity index (χ2n) is 4.31. The Bertz CT molecular complexity index is 521. The molecule has 6 nitrogen and oxygen atoms in total. The topological polar surface area (TPSA) is 81.9 Å². The molecule has 2 heterocycles. The summed E-state index contributed by atoms with van der Waals surface area (Å²) in [5.74, 6) is -0.499. The Hall–Kier alpha value is -1.24. The lowest BCUT2D eigenvalue weighted by molar-refractivity contribution is 0.0922. The Labute approximate surface area is 99.9 Å². The quantitative estimate of drug-likeness (QED) is 0.725. The van der Waals surface area contributed by atoms with Crippen LogP contribution in [0.5, 0.6) is 0 Å². The maximum Gasteiger partial charge on any atom is 0.186 e. The molecule has 1 aromatic heterocycles. The van der Waals surface area contributed by atoms with E-state index in [1.54, 1.807) is 4.68 Å². The van der Waals surface area contributed by atoms with E-state index in [2.05, 4.69) is 10.3 Å². The highest BCUT2D eigenvalue weighted by Crippen LogP contribution is 2.22. The predicted molar refractivity (Wildman–Crippen MR) is 61.4 cm³/mol. The van der Waals surface area contributed by atoms with E-state index in [1.807, 2.05) is 6.92 Å². The number of aryl methyl sites for hydroxylation is 1. The number of carbonyl (C=O) groups excluding carboxylic acids is 1. The molecule has 0 aliphatic carbocycles. The van der Waals surface area contributed by atoms with Gasteiger partial charge in [0, 0.05) is 12.5 Å². The van der Waals surface area contributed by atoms with E-state index in [0.29, 0.717) is 18.7 Å². The molecule has 1 aliphatic heterocycles. The molecule has 0 saturated carbocycles. The van der Waals surface area contributed by atoms with Crippen LogP contribution < -0.4 is 0 Å². The molecule has 17 heavy (non-hydrogen) atoms. The molecule has 0 amide bonds. The summed E-state index contributed by atoms with van der Waals surface area (Å²) in [6, 6.07) is 0. The monoisotopic (exact) mass is 257 g/mol. The van der Waals surface area contributed by atoms with Gasteiger partial charge in [0.05, 0.1) is 17.7 Å². The van der Waals surface area contributed by atoms with E-state index < -0.39 is 15.8 Å². The Morgan fingerprint density at radius 3 is 2.94 bits per heavy atom. The van der Waals surface area contributed by atoms with Crippen LogP contribution in [0.3, 0.4) is 0 Å². The SMILES string of the molecule is CCCn1nncc1C(=O)C1CCS(=O)(=O)C1. The maximum absolute atomic E-state index is 12.1. The van der Waals surface area contributed by atoms with Crippen LogP contribution in [-0.2, 0) is 16.4 Å². The Balaban J connectivity index is 2.17. The van der Waals surface area contributed by atoms with Crippen molar-refractivity contribution in [2.24, 2.45) is 5.92 Å². The second-order valence-corrected chi connectivity index (χ2v) is 6.54. The molecule has 0 aromatic carbocycles. The summed E-state index contributed by atoms with van der Waals surface area (Å²) in [5, 5.41) is 7.54. The number of hydrogen-bond donors (Lipinski definition) is 0. The van der Waals surface area contributed by atoms with Crippen LogP contribution in [0.2, 0.25) is 0 Å². The smallest absolute Gasteiger partial charge is 0.186 e. The fourth-order valence-corrected chi connectivity index (χ4v) is 3.78. The van der Waals surface area contributed by atoms with Crippen LogP contribution in [-0.4, -0.2) is 40.7 Å². The first-order chi connectivity index (χ1) is 8.03. The van der Waals surface area contributed by atoms with Crippen molar-refractivity contribution in [1.82, 2.24) is 15.0 Å². The zero-order chi connectivity index (χ0) is 12.5. The Morgan fingerprint density at radius 2 is 2.35 bits per heavy atom. The van der Waals surface area contributed by atoms with Gasteiger partial charge in [0.2, 0.25) is 0 Å². The van der Waals surface area contributed by atoms with Crippen molar-refractivity contribution in [3.8, 4) is 0 Å². The van der Waals surface area contributed by atoms with E-state index in [9.17, 15) is 13.2 Å². The highest BCUT2D eigenvalue weighted by molar-refractivity contribution is 7.91. The molecule has 1 unspecified atom stereocenters. The first kappa shape index (κ1) is 12.2. The van der Waals surface area contributed by atoms with Gasteiger partial charge in [-0.25, -0.2) is 13.1 Å². The molecule has 1 aromatic rings. The number of aromatic nitrogens is 3. The first-order valence-corrected chi connectivity index (χ1v) is 7.49. The van der Waals surface area contributed by atoms with Crippen molar-refractivity contribution in [2.45, 2.75) is 26.3 Å². The summed E-state index contributed by atoms with van der Waals surface area (Å²) in [6.07, 6.45) is 2.69. The van der Waals surface area contributed by atoms with Gasteiger partial charge in [0.25, 0.3) is 0 Å². The number of hydrogen-bond acceptors (Lipinski definition) is 5. The van der Waals surface area contributed by atoms with Crippen molar-refractivity contribution in [3.63, 3.8) is 0 Å². The molecule has 1 atom stereocenters. The van der Waals surface area contributed by atoms with Crippen molar-refractivity contribution >= 4 is 15.6 Å². The normalized spacial score (nSPS) is 22.8. The molecule has 94 valence electrons. The van der Waals surface area contributed by atoms with Crippen LogP contribution in [0.1, 0.15) is 30.3 Å². The average molecular weight is 257 g/mol. The lowest BCUT2D eigenvalue weighted by Crippen LogP contribution is -2.20. The number of nitrogens with zero attached hydrogens (tertiary/aromatic N) is 3. The molecule has 0 bridgehead atoms. The minimum Gasteiger partial charge on any atom is -0.292 e. The van der Waals surface area contributed by atoms with Crippen LogP contribution in [0.15, 0.2) is 6.20 Å². The molecular formula is C10H15N3O3S. The number of carbonyl (C=O) groups is 1. The summed E-state index contributed by atoms with van der Waals surface area (Å²) in [7, 11) is -3.03. The van der Waals surface area contributed by atoms with E-state index in [4.69, 9.17) is 0 Å². The van der Waals surface area contributed by atoms with Gasteiger partial charge in [-0.05, 0) is 12.8 Å². The van der Waals surface area contributed by atoms with Crippen LogP contribution in [0.4, 0.5) is 0 Å². The molecule has 0 N–H and O–H groups in total. The summed E-state index contributed by atoms with van der Waals surface area (Å²) in [6.45, 7) is 2.61. The lowest BCUT2D eigenvalue weighted by Gasteiger charge is -2.07. The van der Waals surface area contributed by atoms with Crippen LogP contribution in [0, 0.1) is 5.92 Å². The predicted octanol–water partition coefficient (Wildman–Crippen LogP) is 0.306. The summed E-state index contributed by atoms with van der Waals surface area (Å²) >= 11 is 0. The van der Waals surface area contributed by atoms with E-state index in [0.717, 1.165) is 6.42 Å².